The zero-order valence-electron chi connectivity index (χ0n) is 65.8. The maximum absolute atomic E-state index is 15.7. The molecule has 12 amide bonds. The second kappa shape index (κ2) is 36.1. The normalized spacial score (nSPS) is 33.0. The molecule has 3 N–H and O–H groups in total. The van der Waals surface area contributed by atoms with Gasteiger partial charge in [0.1, 0.15) is 72.1 Å². The minimum Gasteiger partial charge on any atom is -0.347 e. The molecular weight excluding hydrogens is 1440 g/mol. The topological polar surface area (TPSA) is 270 Å². The van der Waals surface area contributed by atoms with Crippen molar-refractivity contribution in [2.45, 2.75) is 267 Å². The van der Waals surface area contributed by atoms with E-state index in [9.17, 15) is 45.5 Å². The van der Waals surface area contributed by atoms with Crippen molar-refractivity contribution in [3.8, 4) is 0 Å². The summed E-state index contributed by atoms with van der Waals surface area (Å²) in [6, 6.07) is -11.1. The van der Waals surface area contributed by atoms with Crippen molar-refractivity contribution < 1.29 is 92.7 Å². The van der Waals surface area contributed by atoms with Gasteiger partial charge in [-0.2, -0.15) is 26.3 Å². The Bertz CT molecular complexity index is 3320. The van der Waals surface area contributed by atoms with Crippen molar-refractivity contribution in [1.29, 1.82) is 0 Å². The molecule has 32 heteroatoms. The van der Waals surface area contributed by atoms with E-state index in [4.69, 9.17) is 0 Å². The van der Waals surface area contributed by atoms with Gasteiger partial charge in [0.25, 0.3) is 0 Å². The number of carbonyl (C=O) groups excluding carboxylic acids is 12. The molecule has 614 valence electrons. The average molecular weight is 1560 g/mol. The van der Waals surface area contributed by atoms with Crippen LogP contribution in [0.5, 0.6) is 0 Å². The van der Waals surface area contributed by atoms with Gasteiger partial charge < -0.3 is 60.0 Å². The summed E-state index contributed by atoms with van der Waals surface area (Å²) in [5, 5.41) is 8.56. The van der Waals surface area contributed by atoms with Crippen LogP contribution in [0.3, 0.4) is 0 Å². The second-order valence-electron chi connectivity index (χ2n) is 34.2. The van der Waals surface area contributed by atoms with E-state index in [0.717, 1.165) is 38.9 Å². The minimum atomic E-state index is -5.21. The average Bonchev–Trinajstić information content (AvgIpc) is 1.42. The lowest BCUT2D eigenvalue weighted by molar-refractivity contribution is -0.219. The third-order valence-electron chi connectivity index (χ3n) is 25.2. The molecule has 2 bridgehead atoms. The standard InChI is InChI=1S/C77H118F8N12O12/c1-14-45(3)63-71(107)91(9)41-61(100)92(10)54-25-16-15-19-32-96(70(54)106)58(37-47-26-29-50(30-27-47)76(80,81)82)69(105)90(8)40-59(98)86-53(31-28-48-34-51(78)62(52(79)35-48)77(83,84)85)67(103)97-39-44(2)33-56(97)66(102)88-75(42-74(4,5)43-75)73(109)95(13)64(49-23-17-18-24-49)72(108)94(12)57(68(104)89(6)7)38-60(99)93(11)55(65(101)87-63)36-46-21-20-22-46/h15-16,44-58,62-64H,14,17-43H2,1-13H3,(H,86,98)(H,87,101)(H,88,102)/b16-15-/t44-,45-,47?,48?,50?,51?,52?,53-,54-,55-,56-,57-,58-,62?,63-,64-/m0/s1. The predicted molar refractivity (Wildman–Crippen MR) is 387 cm³/mol. The molecule has 12 atom stereocenters. The molecule has 8 aliphatic rings. The first-order valence-electron chi connectivity index (χ1n) is 39.3. The van der Waals surface area contributed by atoms with Crippen LogP contribution in [0.15, 0.2) is 12.2 Å². The summed E-state index contributed by atoms with van der Waals surface area (Å²) >= 11 is 0. The fraction of sp³-hybridized carbons (Fsp3) is 0.818. The van der Waals surface area contributed by atoms with Gasteiger partial charge in [-0.1, -0.05) is 85.3 Å². The smallest absolute Gasteiger partial charge is 0.347 e. The van der Waals surface area contributed by atoms with Crippen LogP contribution in [0.2, 0.25) is 0 Å². The first-order valence-corrected chi connectivity index (χ1v) is 39.3. The van der Waals surface area contributed by atoms with E-state index in [2.05, 4.69) is 16.0 Å². The molecule has 7 fully saturated rings. The first-order chi connectivity index (χ1) is 50.9. The number of carbonyl (C=O) groups is 12. The van der Waals surface area contributed by atoms with E-state index in [1.807, 2.05) is 13.8 Å². The molecule has 0 aromatic heterocycles. The van der Waals surface area contributed by atoms with Crippen LogP contribution in [-0.2, 0) is 57.5 Å². The number of amides is 12. The van der Waals surface area contributed by atoms with E-state index < -0.39 is 235 Å². The number of halogens is 8. The lowest BCUT2D eigenvalue weighted by Crippen LogP contribution is -2.71. The fourth-order valence-corrected chi connectivity index (χ4v) is 18.4. The number of fused-ring (bicyclic) bond motifs is 3. The highest BCUT2D eigenvalue weighted by atomic mass is 19.4. The highest BCUT2D eigenvalue weighted by Crippen LogP contribution is 2.51. The van der Waals surface area contributed by atoms with Crippen LogP contribution in [0.4, 0.5) is 35.1 Å². The molecule has 2 saturated heterocycles. The van der Waals surface area contributed by atoms with Crippen molar-refractivity contribution in [1.82, 2.24) is 60.0 Å². The van der Waals surface area contributed by atoms with Gasteiger partial charge in [0.2, 0.25) is 70.9 Å². The van der Waals surface area contributed by atoms with E-state index in [1.165, 1.54) is 80.9 Å². The number of nitrogens with zero attached hydrogens (tertiary/aromatic N) is 9. The van der Waals surface area contributed by atoms with Crippen molar-refractivity contribution in [2.24, 2.45) is 52.8 Å². The molecule has 5 aliphatic carbocycles. The molecule has 109 heavy (non-hydrogen) atoms. The van der Waals surface area contributed by atoms with E-state index >= 15 is 47.1 Å². The summed E-state index contributed by atoms with van der Waals surface area (Å²) < 4.78 is 115. The van der Waals surface area contributed by atoms with Crippen LogP contribution >= 0.6 is 0 Å². The van der Waals surface area contributed by atoms with Gasteiger partial charge in [-0.3, -0.25) is 57.5 Å². The maximum Gasteiger partial charge on any atom is 0.397 e. The maximum atomic E-state index is 15.7. The molecule has 3 aliphatic heterocycles. The van der Waals surface area contributed by atoms with E-state index in [0.29, 0.717) is 32.1 Å². The number of likely N-dealkylation sites (N-methyl/N-ethyl adjacent to an activating group) is 7. The van der Waals surface area contributed by atoms with Crippen LogP contribution < -0.4 is 16.0 Å². The van der Waals surface area contributed by atoms with E-state index in [-0.39, 0.29) is 96.1 Å². The fourth-order valence-electron chi connectivity index (χ4n) is 18.4. The molecule has 0 radical (unpaired) electrons. The molecule has 3 heterocycles. The molecule has 5 saturated carbocycles. The summed E-state index contributed by atoms with van der Waals surface area (Å²) in [5.74, 6) is -16.8. The zero-order chi connectivity index (χ0) is 80.9. The van der Waals surface area contributed by atoms with Crippen LogP contribution in [0.25, 0.3) is 0 Å². The van der Waals surface area contributed by atoms with Crippen molar-refractivity contribution in [2.75, 3.05) is 82.6 Å². The Hall–Kier alpha value is -7.18. The summed E-state index contributed by atoms with van der Waals surface area (Å²) in [6.45, 7) is 7.25. The highest BCUT2D eigenvalue weighted by Gasteiger charge is 2.60. The second-order valence-corrected chi connectivity index (χ2v) is 34.2. The van der Waals surface area contributed by atoms with Gasteiger partial charge in [-0.05, 0) is 150 Å². The van der Waals surface area contributed by atoms with Gasteiger partial charge in [0, 0.05) is 69.5 Å². The third-order valence-corrected chi connectivity index (χ3v) is 25.2. The largest absolute Gasteiger partial charge is 0.397 e. The van der Waals surface area contributed by atoms with Crippen LogP contribution in [0.1, 0.15) is 189 Å². The number of alkyl halides is 8. The van der Waals surface area contributed by atoms with Gasteiger partial charge in [0.15, 0.2) is 0 Å². The van der Waals surface area contributed by atoms with Gasteiger partial charge in [0.05, 0.1) is 25.4 Å². The SMILES string of the molecule is CC[C@H](C)[C@@H]1NC(=O)[C@H](CC2CCC2)N(C)C(=O)C[C@@H](C(=O)N(C)C)N(C)C(=O)[C@H](C2CCCC2)N(C)C(=O)C2(CC(C)(C)C2)NC(=O)[C@@H]2C[C@H](C)CN2C(=O)[C@H](CCC2CC(F)C(C(F)(F)F)C(F)C2)NC(=O)CN(C)C(=O)[C@H](CC2CCC(C(F)(F)F)CC2)N2CC/C=C\C[C@@H](C2=O)N(C)C(=O)CN(C)C1=O. The molecule has 24 nitrogen and oxygen atoms in total. The third kappa shape index (κ3) is 20.8. The Kier molecular flexibility index (Phi) is 28.9. The van der Waals surface area contributed by atoms with Crippen molar-refractivity contribution >= 4 is 70.9 Å². The number of hydrogen-bond acceptors (Lipinski definition) is 12. The number of hydrogen-bond donors (Lipinski definition) is 3. The minimum absolute atomic E-state index is 0.00409. The van der Waals surface area contributed by atoms with Gasteiger partial charge >= 0.3 is 12.4 Å². The quantitative estimate of drug-likeness (QED) is 0.135. The van der Waals surface area contributed by atoms with Gasteiger partial charge in [-0.25, -0.2) is 8.78 Å². The van der Waals surface area contributed by atoms with Crippen molar-refractivity contribution in [3.05, 3.63) is 12.2 Å². The lowest BCUT2D eigenvalue weighted by atomic mass is 9.58. The molecule has 2 unspecified atom stereocenters. The predicted octanol–water partition coefficient (Wildman–Crippen LogP) is 7.36. The Labute approximate surface area is 635 Å². The highest BCUT2D eigenvalue weighted by molar-refractivity contribution is 6.01. The Morgan fingerprint density at radius 1 is 0.615 bits per heavy atom. The summed E-state index contributed by atoms with van der Waals surface area (Å²) in [6.07, 6.45) is -9.88. The molecular formula is C77H118F8N12O12. The molecule has 0 aromatic rings. The molecule has 1 spiro atoms. The summed E-state index contributed by atoms with van der Waals surface area (Å²) in [7, 11) is 11.0. The monoisotopic (exact) mass is 1550 g/mol. The summed E-state index contributed by atoms with van der Waals surface area (Å²) in [5.41, 5.74) is -2.29. The van der Waals surface area contributed by atoms with Crippen molar-refractivity contribution in [3.63, 3.8) is 0 Å². The Morgan fingerprint density at radius 2 is 1.21 bits per heavy atom. The number of nitrogens with one attached hydrogen (secondary N) is 3. The van der Waals surface area contributed by atoms with Crippen LogP contribution in [0, 0.1) is 52.8 Å². The van der Waals surface area contributed by atoms with E-state index in [1.54, 1.807) is 32.9 Å². The van der Waals surface area contributed by atoms with Gasteiger partial charge in [-0.15, -0.1) is 0 Å². The number of rotatable bonds is 11. The molecule has 8 rings (SSSR count). The molecule has 0 aromatic carbocycles. The Morgan fingerprint density at radius 3 is 1.77 bits per heavy atom. The Balaban J connectivity index is 1.20. The van der Waals surface area contributed by atoms with Crippen LogP contribution in [-0.4, -0.2) is 276 Å². The lowest BCUT2D eigenvalue weighted by Gasteiger charge is -2.54. The zero-order valence-corrected chi connectivity index (χ0v) is 65.8. The summed E-state index contributed by atoms with van der Waals surface area (Å²) in [4.78, 5) is 192. The first kappa shape index (κ1) is 87.4.